The third-order valence-corrected chi connectivity index (χ3v) is 5.59. The summed E-state index contributed by atoms with van der Waals surface area (Å²) in [5.41, 5.74) is 3.16. The number of benzene rings is 1. The maximum atomic E-state index is 13.1. The van der Waals surface area contributed by atoms with Crippen molar-refractivity contribution in [2.45, 2.75) is 38.5 Å². The van der Waals surface area contributed by atoms with Gasteiger partial charge in [-0.2, -0.15) is 0 Å². The first kappa shape index (κ1) is 19.2. The van der Waals surface area contributed by atoms with Crippen molar-refractivity contribution in [2.24, 2.45) is 5.92 Å². The number of esters is 1. The molecule has 0 bridgehead atoms. The van der Waals surface area contributed by atoms with E-state index in [2.05, 4.69) is 11.9 Å². The van der Waals surface area contributed by atoms with Crippen LogP contribution in [0.15, 0.2) is 70.4 Å². The molecule has 1 aromatic heterocycles. The molecule has 5 heteroatoms. The van der Waals surface area contributed by atoms with Crippen LogP contribution in [0.1, 0.15) is 42.3 Å². The van der Waals surface area contributed by atoms with Crippen LogP contribution in [-0.4, -0.2) is 18.4 Å². The van der Waals surface area contributed by atoms with Crippen LogP contribution < -0.4 is 5.32 Å². The van der Waals surface area contributed by atoms with Crippen molar-refractivity contribution in [3.63, 3.8) is 0 Å². The van der Waals surface area contributed by atoms with Crippen molar-refractivity contribution in [1.82, 2.24) is 5.32 Å². The number of ketones is 1. The molecule has 0 fully saturated rings. The van der Waals surface area contributed by atoms with E-state index in [1.165, 1.54) is 0 Å². The van der Waals surface area contributed by atoms with E-state index in [9.17, 15) is 9.59 Å². The number of furan rings is 1. The lowest BCUT2D eigenvalue weighted by molar-refractivity contribution is -0.148. The van der Waals surface area contributed by atoms with Gasteiger partial charge in [-0.25, -0.2) is 0 Å². The van der Waals surface area contributed by atoms with Crippen molar-refractivity contribution >= 4 is 11.8 Å². The molecular weight excluding hydrogens is 366 g/mol. The molecule has 5 nitrogen and oxygen atoms in total. The first-order valence-electron chi connectivity index (χ1n) is 10.0. The van der Waals surface area contributed by atoms with Crippen molar-refractivity contribution in [3.05, 3.63) is 83.1 Å². The van der Waals surface area contributed by atoms with E-state index in [-0.39, 0.29) is 18.4 Å². The minimum atomic E-state index is -0.697. The van der Waals surface area contributed by atoms with E-state index in [0.717, 1.165) is 29.9 Å². The van der Waals surface area contributed by atoms with Gasteiger partial charge in [-0.3, -0.25) is 9.59 Å². The van der Waals surface area contributed by atoms with Crippen LogP contribution in [0.25, 0.3) is 0 Å². The average molecular weight is 391 g/mol. The molecule has 2 heterocycles. The smallest absolute Gasteiger partial charge is 0.316 e. The number of carbonyl (C=O) groups excluding carboxylic acids is 2. The number of hydrogen-bond acceptors (Lipinski definition) is 5. The lowest BCUT2D eigenvalue weighted by atomic mass is 9.73. The monoisotopic (exact) mass is 391 g/mol. The van der Waals surface area contributed by atoms with E-state index in [1.807, 2.05) is 49.4 Å². The Morgan fingerprint density at radius 2 is 2.00 bits per heavy atom. The van der Waals surface area contributed by atoms with Gasteiger partial charge in [0.25, 0.3) is 0 Å². The summed E-state index contributed by atoms with van der Waals surface area (Å²) in [6.07, 6.45) is 2.69. The molecule has 2 aliphatic rings. The Labute approximate surface area is 170 Å². The molecule has 0 spiro atoms. The van der Waals surface area contributed by atoms with E-state index in [0.29, 0.717) is 29.9 Å². The van der Waals surface area contributed by atoms with Crippen LogP contribution in [0.4, 0.5) is 0 Å². The van der Waals surface area contributed by atoms with Gasteiger partial charge in [0.2, 0.25) is 0 Å². The maximum Gasteiger partial charge on any atom is 0.316 e. The predicted molar refractivity (Wildman–Crippen MR) is 109 cm³/mol. The Morgan fingerprint density at radius 1 is 1.21 bits per heavy atom. The second-order valence-electron chi connectivity index (χ2n) is 7.63. The van der Waals surface area contributed by atoms with Crippen LogP contribution in [0.2, 0.25) is 0 Å². The Kier molecular flexibility index (Phi) is 5.38. The van der Waals surface area contributed by atoms with Crippen molar-refractivity contribution < 1.29 is 18.7 Å². The van der Waals surface area contributed by atoms with Crippen LogP contribution in [-0.2, 0) is 20.7 Å². The molecule has 1 N–H and O–H groups in total. The minimum absolute atomic E-state index is 0.0624. The molecular formula is C24H25NO4. The fraction of sp³-hybridized carbons (Fsp3) is 0.333. The normalized spacial score (nSPS) is 21.6. The van der Waals surface area contributed by atoms with Gasteiger partial charge in [-0.1, -0.05) is 36.9 Å². The summed E-state index contributed by atoms with van der Waals surface area (Å²) in [5, 5.41) is 3.22. The van der Waals surface area contributed by atoms with Crippen molar-refractivity contribution in [1.29, 1.82) is 0 Å². The number of rotatable bonds is 5. The topological polar surface area (TPSA) is 68.5 Å². The lowest BCUT2D eigenvalue weighted by Crippen LogP contribution is -2.41. The van der Waals surface area contributed by atoms with E-state index >= 15 is 0 Å². The zero-order chi connectivity index (χ0) is 20.4. The van der Waals surface area contributed by atoms with Gasteiger partial charge in [-0.05, 0) is 37.5 Å². The molecule has 150 valence electrons. The summed E-state index contributed by atoms with van der Waals surface area (Å²) >= 11 is 0. The molecule has 0 amide bonds. The Balaban J connectivity index is 1.59. The predicted octanol–water partition coefficient (Wildman–Crippen LogP) is 4.20. The molecule has 1 aliphatic carbocycles. The Morgan fingerprint density at radius 3 is 2.72 bits per heavy atom. The zero-order valence-corrected chi connectivity index (χ0v) is 16.6. The van der Waals surface area contributed by atoms with Gasteiger partial charge < -0.3 is 14.5 Å². The summed E-state index contributed by atoms with van der Waals surface area (Å²) in [4.78, 5) is 25.8. The Bertz CT molecular complexity index is 970. The number of Topliss-reactive ketones (excluding diaryl/α,β-unsaturated/α-hetero) is 1. The summed E-state index contributed by atoms with van der Waals surface area (Å²) < 4.78 is 11.5. The number of aryl methyl sites for hydroxylation is 1. The highest BCUT2D eigenvalue weighted by atomic mass is 16.5. The zero-order valence-electron chi connectivity index (χ0n) is 16.6. The van der Waals surface area contributed by atoms with Crippen LogP contribution in [0.5, 0.6) is 0 Å². The second kappa shape index (κ2) is 8.11. The first-order chi connectivity index (χ1) is 14.0. The van der Waals surface area contributed by atoms with Crippen LogP contribution >= 0.6 is 0 Å². The van der Waals surface area contributed by atoms with Gasteiger partial charge in [-0.15, -0.1) is 0 Å². The molecule has 29 heavy (non-hydrogen) atoms. The van der Waals surface area contributed by atoms with E-state index < -0.39 is 11.8 Å². The van der Waals surface area contributed by atoms with E-state index in [1.54, 1.807) is 0 Å². The Hall–Kier alpha value is -3.08. The molecule has 2 atom stereocenters. The standard InChI is InChI=1S/C24H25NO4/c1-15-11-12-20(29-15)23-21(16(2)25-18-9-6-10-19(26)22(18)23)24(27)28-14-13-17-7-4-3-5-8-17/h3-5,7-8,11-12,21,23,25H,2,6,9-10,13-14H2,1H3. The highest BCUT2D eigenvalue weighted by molar-refractivity contribution is 6.00. The fourth-order valence-corrected chi connectivity index (χ4v) is 4.20. The summed E-state index contributed by atoms with van der Waals surface area (Å²) in [5.74, 6) is -0.167. The highest BCUT2D eigenvalue weighted by Gasteiger charge is 2.45. The SMILES string of the molecule is C=C1NC2=C(C(=O)CCC2)C(c2ccc(C)o2)C1C(=O)OCCc1ccccc1. The fourth-order valence-electron chi connectivity index (χ4n) is 4.20. The van der Waals surface area contributed by atoms with E-state index in [4.69, 9.17) is 9.15 Å². The molecule has 4 rings (SSSR count). The number of ether oxygens (including phenoxy) is 1. The van der Waals surface area contributed by atoms with Gasteiger partial charge in [0.1, 0.15) is 17.4 Å². The highest BCUT2D eigenvalue weighted by Crippen LogP contribution is 2.44. The number of allylic oxidation sites excluding steroid dienone is 2. The minimum Gasteiger partial charge on any atom is -0.466 e. The van der Waals surface area contributed by atoms with Gasteiger partial charge >= 0.3 is 5.97 Å². The van der Waals surface area contributed by atoms with Gasteiger partial charge in [0.05, 0.1) is 12.5 Å². The van der Waals surface area contributed by atoms with Crippen LogP contribution in [0, 0.1) is 12.8 Å². The third kappa shape index (κ3) is 3.90. The molecule has 2 unspecified atom stereocenters. The largest absolute Gasteiger partial charge is 0.466 e. The lowest BCUT2D eigenvalue weighted by Gasteiger charge is -2.37. The summed E-state index contributed by atoms with van der Waals surface area (Å²) in [6.45, 7) is 6.21. The molecule has 1 aliphatic heterocycles. The third-order valence-electron chi connectivity index (χ3n) is 5.59. The molecule has 2 aromatic rings. The quantitative estimate of drug-likeness (QED) is 0.774. The van der Waals surface area contributed by atoms with Gasteiger partial charge in [0.15, 0.2) is 5.78 Å². The number of carbonyl (C=O) groups is 2. The summed E-state index contributed by atoms with van der Waals surface area (Å²) in [7, 11) is 0. The number of hydrogen-bond donors (Lipinski definition) is 1. The number of nitrogens with one attached hydrogen (secondary N) is 1. The molecule has 0 saturated heterocycles. The molecule has 0 saturated carbocycles. The van der Waals surface area contributed by atoms with Crippen molar-refractivity contribution in [2.75, 3.05) is 6.61 Å². The van der Waals surface area contributed by atoms with Crippen molar-refractivity contribution in [3.8, 4) is 0 Å². The van der Waals surface area contributed by atoms with Gasteiger partial charge in [0, 0.05) is 29.8 Å². The molecule has 0 radical (unpaired) electrons. The first-order valence-corrected chi connectivity index (χ1v) is 10.0. The second-order valence-corrected chi connectivity index (χ2v) is 7.63. The average Bonchev–Trinajstić information content (AvgIpc) is 3.14. The molecule has 1 aromatic carbocycles. The summed E-state index contributed by atoms with van der Waals surface area (Å²) in [6, 6.07) is 13.6. The van der Waals surface area contributed by atoms with Crippen LogP contribution in [0.3, 0.4) is 0 Å². The maximum absolute atomic E-state index is 13.1.